The van der Waals surface area contributed by atoms with Crippen LogP contribution in [0.25, 0.3) is 0 Å². The molecule has 0 spiro atoms. The molecule has 0 bridgehead atoms. The van der Waals surface area contributed by atoms with Gasteiger partial charge in [0.2, 0.25) is 0 Å². The fourth-order valence-corrected chi connectivity index (χ4v) is 4.64. The van der Waals surface area contributed by atoms with Gasteiger partial charge >= 0.3 is 5.97 Å². The van der Waals surface area contributed by atoms with Crippen LogP contribution in [0.2, 0.25) is 0 Å². The van der Waals surface area contributed by atoms with E-state index in [9.17, 15) is 23.3 Å². The summed E-state index contributed by atoms with van der Waals surface area (Å²) >= 11 is 0. The summed E-state index contributed by atoms with van der Waals surface area (Å²) in [6, 6.07) is 9.80. The summed E-state index contributed by atoms with van der Waals surface area (Å²) in [7, 11) is -4.28. The molecule has 1 fully saturated rings. The molecule has 9 nitrogen and oxygen atoms in total. The number of piperidine rings is 1. The number of nitro benzene ring substituents is 1. The van der Waals surface area contributed by atoms with Crippen LogP contribution in [0.3, 0.4) is 0 Å². The maximum Gasteiger partial charge on any atom is 0.338 e. The molecule has 1 N–H and O–H groups in total. The summed E-state index contributed by atoms with van der Waals surface area (Å²) < 4.78 is 33.5. The van der Waals surface area contributed by atoms with E-state index in [1.807, 2.05) is 4.90 Å². The van der Waals surface area contributed by atoms with Gasteiger partial charge in [0.15, 0.2) is 4.90 Å². The van der Waals surface area contributed by atoms with Gasteiger partial charge in [0.25, 0.3) is 15.7 Å². The quantitative estimate of drug-likeness (QED) is 0.403. The molecular formula is C20H23N3O6S. The Morgan fingerprint density at radius 1 is 1.17 bits per heavy atom. The molecule has 1 aliphatic rings. The molecule has 0 radical (unpaired) electrons. The molecule has 1 heterocycles. The van der Waals surface area contributed by atoms with Gasteiger partial charge in [-0.25, -0.2) is 13.2 Å². The van der Waals surface area contributed by atoms with Gasteiger partial charge in [-0.3, -0.25) is 14.8 Å². The Balaban J connectivity index is 2.04. The van der Waals surface area contributed by atoms with Crippen LogP contribution in [0, 0.1) is 10.1 Å². The van der Waals surface area contributed by atoms with Crippen molar-refractivity contribution in [3.05, 3.63) is 58.1 Å². The zero-order valence-electron chi connectivity index (χ0n) is 16.5. The van der Waals surface area contributed by atoms with Gasteiger partial charge in [-0.05, 0) is 50.5 Å². The van der Waals surface area contributed by atoms with Gasteiger partial charge in [-0.2, -0.15) is 0 Å². The Labute approximate surface area is 174 Å². The minimum Gasteiger partial charge on any atom is -0.462 e. The number of ether oxygens (including phenoxy) is 1. The lowest BCUT2D eigenvalue weighted by Gasteiger charge is -2.30. The third-order valence-corrected chi connectivity index (χ3v) is 6.21. The summed E-state index contributed by atoms with van der Waals surface area (Å²) in [5.41, 5.74) is 0.467. The molecule has 0 aromatic heterocycles. The van der Waals surface area contributed by atoms with Crippen molar-refractivity contribution >= 4 is 33.1 Å². The molecule has 0 amide bonds. The number of hydrogen-bond donors (Lipinski definition) is 1. The standard InChI is InChI=1S/C20H23N3O6S/c1-2-29-20(24)15-10-11-17(22-12-6-3-7-13-22)16(14-15)21-30(27,28)19-9-5-4-8-18(19)23(25)26/h4-5,8-11,14,21H,2-3,6-7,12-13H2,1H3. The number of esters is 1. The highest BCUT2D eigenvalue weighted by Gasteiger charge is 2.27. The van der Waals surface area contributed by atoms with Gasteiger partial charge < -0.3 is 9.64 Å². The fourth-order valence-electron chi connectivity index (χ4n) is 3.40. The normalized spacial score (nSPS) is 14.2. The molecule has 1 aliphatic heterocycles. The first-order valence-corrected chi connectivity index (χ1v) is 11.1. The summed E-state index contributed by atoms with van der Waals surface area (Å²) in [5, 5.41) is 11.3. The smallest absolute Gasteiger partial charge is 0.338 e. The molecule has 0 saturated carbocycles. The van der Waals surface area contributed by atoms with Crippen LogP contribution in [0.15, 0.2) is 47.4 Å². The van der Waals surface area contributed by atoms with E-state index in [4.69, 9.17) is 4.74 Å². The molecule has 2 aromatic rings. The molecule has 30 heavy (non-hydrogen) atoms. The highest BCUT2D eigenvalue weighted by atomic mass is 32.2. The summed E-state index contributed by atoms with van der Waals surface area (Å²) in [6.45, 7) is 3.36. The van der Waals surface area contributed by atoms with Crippen LogP contribution in [-0.4, -0.2) is 39.0 Å². The van der Waals surface area contributed by atoms with Crippen molar-refractivity contribution in [2.24, 2.45) is 0 Å². The fraction of sp³-hybridized carbons (Fsp3) is 0.350. The average molecular weight is 433 g/mol. The molecule has 1 saturated heterocycles. The molecule has 0 atom stereocenters. The second kappa shape index (κ2) is 9.12. The van der Waals surface area contributed by atoms with Gasteiger partial charge in [0.05, 0.1) is 28.5 Å². The second-order valence-corrected chi connectivity index (χ2v) is 8.48. The molecule has 10 heteroatoms. The maximum absolute atomic E-state index is 13.0. The van der Waals surface area contributed by atoms with Crippen molar-refractivity contribution in [3.8, 4) is 0 Å². The monoisotopic (exact) mass is 433 g/mol. The lowest BCUT2D eigenvalue weighted by atomic mass is 10.1. The zero-order chi connectivity index (χ0) is 21.7. The van der Waals surface area contributed by atoms with E-state index < -0.39 is 31.5 Å². The van der Waals surface area contributed by atoms with E-state index in [2.05, 4.69) is 4.72 Å². The minimum atomic E-state index is -4.28. The SMILES string of the molecule is CCOC(=O)c1ccc(N2CCCCC2)c(NS(=O)(=O)c2ccccc2[N+](=O)[O-])c1. The van der Waals surface area contributed by atoms with Crippen molar-refractivity contribution in [2.45, 2.75) is 31.1 Å². The van der Waals surface area contributed by atoms with Crippen LogP contribution in [0.5, 0.6) is 0 Å². The van der Waals surface area contributed by atoms with Crippen LogP contribution in [-0.2, 0) is 14.8 Å². The Bertz CT molecular complexity index is 1050. The summed E-state index contributed by atoms with van der Waals surface area (Å²) in [4.78, 5) is 24.3. The van der Waals surface area contributed by atoms with Crippen molar-refractivity contribution in [3.63, 3.8) is 0 Å². The molecule has 3 rings (SSSR count). The topological polar surface area (TPSA) is 119 Å². The summed E-state index contributed by atoms with van der Waals surface area (Å²) in [6.07, 6.45) is 3.03. The van der Waals surface area contributed by atoms with Gasteiger partial charge in [0, 0.05) is 19.2 Å². The third-order valence-electron chi connectivity index (χ3n) is 4.80. The number of rotatable bonds is 7. The Hall–Kier alpha value is -3.14. The molecule has 2 aromatic carbocycles. The maximum atomic E-state index is 13.0. The average Bonchev–Trinajstić information content (AvgIpc) is 2.74. The Kier molecular flexibility index (Phi) is 6.56. The van der Waals surface area contributed by atoms with Gasteiger partial charge in [-0.15, -0.1) is 0 Å². The van der Waals surface area contributed by atoms with Crippen molar-refractivity contribution in [2.75, 3.05) is 29.3 Å². The first kappa shape index (κ1) is 21.6. The molecule has 0 aliphatic carbocycles. The minimum absolute atomic E-state index is 0.181. The van der Waals surface area contributed by atoms with Crippen LogP contribution in [0.4, 0.5) is 17.1 Å². The van der Waals surface area contributed by atoms with Crippen LogP contribution < -0.4 is 9.62 Å². The predicted octanol–water partition coefficient (Wildman–Crippen LogP) is 3.56. The lowest BCUT2D eigenvalue weighted by Crippen LogP contribution is -2.30. The predicted molar refractivity (Wildman–Crippen MR) is 112 cm³/mol. The molecule has 0 unspecified atom stereocenters. The highest BCUT2D eigenvalue weighted by Crippen LogP contribution is 2.33. The van der Waals surface area contributed by atoms with E-state index in [0.29, 0.717) is 5.69 Å². The number of anilines is 2. The number of sulfonamides is 1. The highest BCUT2D eigenvalue weighted by molar-refractivity contribution is 7.92. The number of hydrogen-bond acceptors (Lipinski definition) is 7. The number of carbonyl (C=O) groups excluding carboxylic acids is 1. The number of benzene rings is 2. The number of carbonyl (C=O) groups is 1. The van der Waals surface area contributed by atoms with Crippen molar-refractivity contribution < 1.29 is 22.9 Å². The number of nitrogens with one attached hydrogen (secondary N) is 1. The van der Waals surface area contributed by atoms with Crippen molar-refractivity contribution in [1.82, 2.24) is 0 Å². The van der Waals surface area contributed by atoms with E-state index in [0.717, 1.165) is 38.4 Å². The summed E-state index contributed by atoms with van der Waals surface area (Å²) in [5.74, 6) is -0.575. The van der Waals surface area contributed by atoms with E-state index in [1.165, 1.54) is 24.3 Å². The van der Waals surface area contributed by atoms with E-state index >= 15 is 0 Å². The number of para-hydroxylation sites is 1. The zero-order valence-corrected chi connectivity index (χ0v) is 17.4. The molecule has 160 valence electrons. The van der Waals surface area contributed by atoms with E-state index in [1.54, 1.807) is 19.1 Å². The lowest BCUT2D eigenvalue weighted by molar-refractivity contribution is -0.387. The third kappa shape index (κ3) is 4.70. The van der Waals surface area contributed by atoms with Crippen LogP contribution >= 0.6 is 0 Å². The van der Waals surface area contributed by atoms with Gasteiger partial charge in [0.1, 0.15) is 0 Å². The molecular weight excluding hydrogens is 410 g/mol. The Morgan fingerprint density at radius 3 is 2.53 bits per heavy atom. The number of nitrogens with zero attached hydrogens (tertiary/aromatic N) is 2. The largest absolute Gasteiger partial charge is 0.462 e. The van der Waals surface area contributed by atoms with Crippen LogP contribution in [0.1, 0.15) is 36.5 Å². The second-order valence-electron chi connectivity index (χ2n) is 6.83. The Morgan fingerprint density at radius 2 is 1.87 bits per heavy atom. The van der Waals surface area contributed by atoms with Gasteiger partial charge in [-0.1, -0.05) is 12.1 Å². The first-order valence-electron chi connectivity index (χ1n) is 9.66. The first-order chi connectivity index (χ1) is 14.3. The number of nitro groups is 1. The van der Waals surface area contributed by atoms with Crippen molar-refractivity contribution in [1.29, 1.82) is 0 Å². The van der Waals surface area contributed by atoms with E-state index in [-0.39, 0.29) is 17.9 Å².